The molecule has 0 aliphatic rings. The molecule has 0 bridgehead atoms. The second-order valence-corrected chi connectivity index (χ2v) is 7.75. The van der Waals surface area contributed by atoms with Gasteiger partial charge in [0.05, 0.1) is 12.9 Å². The Bertz CT molecular complexity index is 617. The van der Waals surface area contributed by atoms with Crippen molar-refractivity contribution in [1.82, 2.24) is 0 Å². The summed E-state index contributed by atoms with van der Waals surface area (Å²) in [7, 11) is -2.23. The standard InChI is InChI=1S/C14H21NO5S/c1-14(2,3)20-13(16)9-21(17,18)8-10-7-11(15)5-6-12(10)19-4/h5-7H,8-9,15H2,1-4H3. The topological polar surface area (TPSA) is 95.7 Å². The molecular formula is C14H21NO5S. The first-order valence-electron chi connectivity index (χ1n) is 6.37. The highest BCUT2D eigenvalue weighted by atomic mass is 32.2. The molecule has 0 spiro atoms. The SMILES string of the molecule is COc1ccc(N)cc1CS(=O)(=O)CC(=O)OC(C)(C)C. The molecule has 0 atom stereocenters. The van der Waals surface area contributed by atoms with Crippen LogP contribution in [0.5, 0.6) is 5.75 Å². The second kappa shape index (κ2) is 6.34. The van der Waals surface area contributed by atoms with Crippen LogP contribution in [-0.4, -0.2) is 32.9 Å². The molecule has 21 heavy (non-hydrogen) atoms. The van der Waals surface area contributed by atoms with E-state index in [0.29, 0.717) is 17.0 Å². The minimum absolute atomic E-state index is 0.333. The first-order valence-corrected chi connectivity index (χ1v) is 8.19. The van der Waals surface area contributed by atoms with Gasteiger partial charge in [0.25, 0.3) is 0 Å². The quantitative estimate of drug-likeness (QED) is 0.654. The average Bonchev–Trinajstić information content (AvgIpc) is 2.24. The number of benzene rings is 1. The minimum Gasteiger partial charge on any atom is -0.496 e. The number of esters is 1. The Labute approximate surface area is 125 Å². The number of nitrogens with two attached hydrogens (primary N) is 1. The Morgan fingerprint density at radius 3 is 2.43 bits per heavy atom. The summed E-state index contributed by atoms with van der Waals surface area (Å²) < 4.78 is 34.3. The van der Waals surface area contributed by atoms with Gasteiger partial charge in [0.2, 0.25) is 0 Å². The molecule has 1 aromatic carbocycles. The van der Waals surface area contributed by atoms with E-state index in [1.165, 1.54) is 13.2 Å². The molecule has 1 rings (SSSR count). The number of carbonyl (C=O) groups excluding carboxylic acids is 1. The summed E-state index contributed by atoms with van der Waals surface area (Å²) >= 11 is 0. The van der Waals surface area contributed by atoms with Gasteiger partial charge in [0.15, 0.2) is 9.84 Å². The number of anilines is 1. The van der Waals surface area contributed by atoms with E-state index < -0.39 is 27.2 Å². The summed E-state index contributed by atoms with van der Waals surface area (Å²) in [6.45, 7) is 5.04. The number of hydrogen-bond acceptors (Lipinski definition) is 6. The highest BCUT2D eigenvalue weighted by Crippen LogP contribution is 2.23. The molecule has 7 heteroatoms. The molecule has 1 aromatic rings. The van der Waals surface area contributed by atoms with E-state index in [9.17, 15) is 13.2 Å². The van der Waals surface area contributed by atoms with Gasteiger partial charge < -0.3 is 15.2 Å². The van der Waals surface area contributed by atoms with Crippen LogP contribution in [0.25, 0.3) is 0 Å². The Morgan fingerprint density at radius 2 is 1.90 bits per heavy atom. The number of methoxy groups -OCH3 is 1. The van der Waals surface area contributed by atoms with Crippen molar-refractivity contribution in [3.8, 4) is 5.75 Å². The van der Waals surface area contributed by atoms with Gasteiger partial charge in [-0.2, -0.15) is 0 Å². The molecule has 0 saturated carbocycles. The summed E-state index contributed by atoms with van der Waals surface area (Å²) in [6.07, 6.45) is 0. The Kier molecular flexibility index (Phi) is 5.22. The van der Waals surface area contributed by atoms with Crippen LogP contribution in [0, 0.1) is 0 Å². The monoisotopic (exact) mass is 315 g/mol. The lowest BCUT2D eigenvalue weighted by atomic mass is 10.2. The fourth-order valence-electron chi connectivity index (χ4n) is 1.75. The van der Waals surface area contributed by atoms with Gasteiger partial charge in [-0.15, -0.1) is 0 Å². The molecule has 0 aliphatic carbocycles. The molecule has 6 nitrogen and oxygen atoms in total. The Balaban J connectivity index is 2.86. The molecule has 0 aromatic heterocycles. The van der Waals surface area contributed by atoms with E-state index >= 15 is 0 Å². The maximum absolute atomic E-state index is 12.1. The maximum Gasteiger partial charge on any atom is 0.321 e. The van der Waals surface area contributed by atoms with Crippen molar-refractivity contribution >= 4 is 21.5 Å². The highest BCUT2D eigenvalue weighted by molar-refractivity contribution is 7.91. The van der Waals surface area contributed by atoms with Crippen LogP contribution < -0.4 is 10.5 Å². The molecule has 0 saturated heterocycles. The minimum atomic E-state index is -3.67. The third-order valence-electron chi connectivity index (χ3n) is 2.44. The number of nitrogen functional groups attached to an aromatic ring is 1. The average molecular weight is 315 g/mol. The molecule has 0 fully saturated rings. The summed E-state index contributed by atoms with van der Waals surface area (Å²) in [5.41, 5.74) is 5.77. The number of hydrogen-bond donors (Lipinski definition) is 1. The smallest absolute Gasteiger partial charge is 0.321 e. The molecule has 118 valence electrons. The summed E-state index contributed by atoms with van der Waals surface area (Å²) in [5.74, 6) is -1.37. The number of sulfone groups is 1. The number of carbonyl (C=O) groups is 1. The zero-order chi connectivity index (χ0) is 16.3. The molecule has 0 amide bonds. The number of ether oxygens (including phenoxy) is 2. The van der Waals surface area contributed by atoms with Crippen molar-refractivity contribution in [3.05, 3.63) is 23.8 Å². The highest BCUT2D eigenvalue weighted by Gasteiger charge is 2.24. The van der Waals surface area contributed by atoms with Gasteiger partial charge in [0.1, 0.15) is 17.1 Å². The van der Waals surface area contributed by atoms with E-state index in [1.54, 1.807) is 32.9 Å². The predicted octanol–water partition coefficient (Wildman–Crippen LogP) is 1.53. The molecule has 2 N–H and O–H groups in total. The molecular weight excluding hydrogens is 294 g/mol. The van der Waals surface area contributed by atoms with Gasteiger partial charge >= 0.3 is 5.97 Å². The fourth-order valence-corrected chi connectivity index (χ4v) is 2.97. The molecule has 0 unspecified atom stereocenters. The van der Waals surface area contributed by atoms with E-state index in [-0.39, 0.29) is 5.75 Å². The normalized spacial score (nSPS) is 12.0. The Hall–Kier alpha value is -1.76. The first-order chi connectivity index (χ1) is 9.52. The molecule has 0 radical (unpaired) electrons. The van der Waals surface area contributed by atoms with Crippen LogP contribution in [0.15, 0.2) is 18.2 Å². The Morgan fingerprint density at radius 1 is 1.29 bits per heavy atom. The maximum atomic E-state index is 12.1. The van der Waals surface area contributed by atoms with Crippen LogP contribution in [0.2, 0.25) is 0 Å². The van der Waals surface area contributed by atoms with Crippen molar-refractivity contribution in [3.63, 3.8) is 0 Å². The van der Waals surface area contributed by atoms with Crippen LogP contribution >= 0.6 is 0 Å². The van der Waals surface area contributed by atoms with E-state index in [4.69, 9.17) is 15.2 Å². The molecule has 0 heterocycles. The van der Waals surface area contributed by atoms with Crippen LogP contribution in [0.4, 0.5) is 5.69 Å². The lowest BCUT2D eigenvalue weighted by molar-refractivity contribution is -0.151. The van der Waals surface area contributed by atoms with E-state index in [2.05, 4.69) is 0 Å². The van der Waals surface area contributed by atoms with Crippen molar-refractivity contribution in [2.45, 2.75) is 32.1 Å². The third kappa shape index (κ3) is 6.03. The van der Waals surface area contributed by atoms with Crippen LogP contribution in [-0.2, 0) is 25.1 Å². The van der Waals surface area contributed by atoms with Crippen molar-refractivity contribution in [2.75, 3.05) is 18.6 Å². The van der Waals surface area contributed by atoms with Crippen molar-refractivity contribution < 1.29 is 22.7 Å². The van der Waals surface area contributed by atoms with Crippen LogP contribution in [0.1, 0.15) is 26.3 Å². The summed E-state index contributed by atoms with van der Waals surface area (Å²) in [6, 6.07) is 4.72. The number of rotatable bonds is 5. The van der Waals surface area contributed by atoms with Crippen molar-refractivity contribution in [1.29, 1.82) is 0 Å². The van der Waals surface area contributed by atoms with Gasteiger partial charge in [-0.25, -0.2) is 8.42 Å². The zero-order valence-electron chi connectivity index (χ0n) is 12.7. The van der Waals surface area contributed by atoms with Gasteiger partial charge in [-0.1, -0.05) is 0 Å². The fraction of sp³-hybridized carbons (Fsp3) is 0.500. The largest absolute Gasteiger partial charge is 0.496 e. The predicted molar refractivity (Wildman–Crippen MR) is 80.7 cm³/mol. The van der Waals surface area contributed by atoms with E-state index in [0.717, 1.165) is 0 Å². The lowest BCUT2D eigenvalue weighted by Crippen LogP contribution is -2.29. The lowest BCUT2D eigenvalue weighted by Gasteiger charge is -2.19. The van der Waals surface area contributed by atoms with Gasteiger partial charge in [-0.05, 0) is 39.0 Å². The summed E-state index contributed by atoms with van der Waals surface area (Å²) in [5, 5.41) is 0. The van der Waals surface area contributed by atoms with Gasteiger partial charge in [-0.3, -0.25) is 4.79 Å². The van der Waals surface area contributed by atoms with E-state index in [1.807, 2.05) is 0 Å². The first kappa shape index (κ1) is 17.3. The zero-order valence-corrected chi connectivity index (χ0v) is 13.5. The third-order valence-corrected chi connectivity index (χ3v) is 3.86. The second-order valence-electron chi connectivity index (χ2n) is 5.69. The summed E-state index contributed by atoms with van der Waals surface area (Å²) in [4.78, 5) is 11.6. The van der Waals surface area contributed by atoms with Crippen LogP contribution in [0.3, 0.4) is 0 Å². The van der Waals surface area contributed by atoms with Crippen molar-refractivity contribution in [2.24, 2.45) is 0 Å². The molecule has 0 aliphatic heterocycles. The van der Waals surface area contributed by atoms with Gasteiger partial charge in [0, 0.05) is 11.3 Å².